The van der Waals surface area contributed by atoms with Gasteiger partial charge in [-0.15, -0.1) is 12.4 Å². The van der Waals surface area contributed by atoms with Crippen LogP contribution in [0.3, 0.4) is 0 Å². The molecule has 0 bridgehead atoms. The van der Waals surface area contributed by atoms with E-state index in [0.29, 0.717) is 11.8 Å². The summed E-state index contributed by atoms with van der Waals surface area (Å²) in [7, 11) is 0. The van der Waals surface area contributed by atoms with E-state index < -0.39 is 0 Å². The molecule has 0 amide bonds. The molecule has 1 aromatic carbocycles. The Kier molecular flexibility index (Phi) is 3.41. The molecule has 2 aliphatic carbocycles. The second kappa shape index (κ2) is 5.62. The molecule has 0 N–H and O–H groups in total. The van der Waals surface area contributed by atoms with Gasteiger partial charge >= 0.3 is 0 Å². The molecule has 134 valence electrons. The lowest BCUT2D eigenvalue weighted by Gasteiger charge is -2.26. The quantitative estimate of drug-likeness (QED) is 0.653. The number of hydrogen-bond donors (Lipinski definition) is 0. The summed E-state index contributed by atoms with van der Waals surface area (Å²) in [6, 6.07) is 13.0. The van der Waals surface area contributed by atoms with Gasteiger partial charge in [0, 0.05) is 13.1 Å². The molecule has 1 saturated carbocycles. The van der Waals surface area contributed by atoms with Crippen molar-refractivity contribution in [3.8, 4) is 12.1 Å². The maximum Gasteiger partial charge on any atom is 0.157 e. The van der Waals surface area contributed by atoms with Crippen LogP contribution in [0.5, 0.6) is 0 Å². The van der Waals surface area contributed by atoms with E-state index in [0.717, 1.165) is 54.6 Å². The van der Waals surface area contributed by atoms with Crippen LogP contribution < -0.4 is 4.90 Å². The molecule has 1 unspecified atom stereocenters. The van der Waals surface area contributed by atoms with E-state index in [2.05, 4.69) is 27.5 Å². The molecule has 6 rings (SSSR count). The van der Waals surface area contributed by atoms with Gasteiger partial charge < -0.3 is 4.90 Å². The number of aromatic nitrogens is 2. The Bertz CT molecular complexity index is 1170. The fourth-order valence-corrected chi connectivity index (χ4v) is 5.28. The lowest BCUT2D eigenvalue weighted by Crippen LogP contribution is -2.27. The number of benzene rings is 1. The number of imidazole rings is 1. The Labute approximate surface area is 163 Å². The topological polar surface area (TPSA) is 68.1 Å². The van der Waals surface area contributed by atoms with E-state index in [-0.39, 0.29) is 18.3 Å². The fourth-order valence-electron chi connectivity index (χ4n) is 5.28. The molecule has 0 radical (unpaired) electrons. The highest BCUT2D eigenvalue weighted by atomic mass is 35.5. The number of rotatable bonds is 1. The minimum absolute atomic E-state index is 0. The average molecular weight is 376 g/mol. The summed E-state index contributed by atoms with van der Waals surface area (Å²) in [5.74, 6) is 2.49. The lowest BCUT2D eigenvalue weighted by atomic mass is 10.1. The van der Waals surface area contributed by atoms with Crippen LogP contribution in [-0.4, -0.2) is 22.5 Å². The number of nitrogens with zero attached hydrogens (tertiary/aromatic N) is 5. The number of fused-ring (bicyclic) bond motifs is 5. The third kappa shape index (κ3) is 2.01. The molecule has 3 aliphatic rings. The third-order valence-corrected chi connectivity index (χ3v) is 6.54. The minimum atomic E-state index is 0. The maximum absolute atomic E-state index is 9.84. The van der Waals surface area contributed by atoms with E-state index >= 15 is 0 Å². The van der Waals surface area contributed by atoms with E-state index in [4.69, 9.17) is 4.98 Å². The monoisotopic (exact) mass is 375 g/mol. The van der Waals surface area contributed by atoms with Crippen molar-refractivity contribution < 1.29 is 0 Å². The molecule has 0 spiro atoms. The highest BCUT2D eigenvalue weighted by Crippen LogP contribution is 2.53. The van der Waals surface area contributed by atoms with Crippen LogP contribution in [0.15, 0.2) is 24.3 Å². The summed E-state index contributed by atoms with van der Waals surface area (Å²) in [5.41, 5.74) is 6.07. The van der Waals surface area contributed by atoms with Crippen molar-refractivity contribution in [2.45, 2.75) is 19.3 Å². The van der Waals surface area contributed by atoms with Crippen LogP contribution in [0.1, 0.15) is 23.1 Å². The maximum atomic E-state index is 9.84. The zero-order chi connectivity index (χ0) is 17.4. The summed E-state index contributed by atoms with van der Waals surface area (Å²) < 4.78 is 2.21. The summed E-state index contributed by atoms with van der Waals surface area (Å²) in [5, 5.41) is 19.1. The Hall–Kier alpha value is -2.76. The third-order valence-electron chi connectivity index (χ3n) is 6.54. The highest BCUT2D eigenvalue weighted by molar-refractivity contribution is 5.87. The largest absolute Gasteiger partial charge is 0.357 e. The van der Waals surface area contributed by atoms with Crippen molar-refractivity contribution >= 4 is 34.9 Å². The van der Waals surface area contributed by atoms with Gasteiger partial charge in [-0.3, -0.25) is 4.40 Å². The van der Waals surface area contributed by atoms with Gasteiger partial charge in [-0.2, -0.15) is 10.5 Å². The molecule has 27 heavy (non-hydrogen) atoms. The van der Waals surface area contributed by atoms with Crippen molar-refractivity contribution in [3.05, 3.63) is 41.0 Å². The van der Waals surface area contributed by atoms with Crippen LogP contribution >= 0.6 is 12.4 Å². The first-order chi connectivity index (χ1) is 12.8. The zero-order valence-electron chi connectivity index (χ0n) is 14.7. The van der Waals surface area contributed by atoms with Gasteiger partial charge in [-0.1, -0.05) is 12.1 Å². The van der Waals surface area contributed by atoms with Crippen LogP contribution in [0, 0.1) is 40.4 Å². The van der Waals surface area contributed by atoms with Gasteiger partial charge in [0.05, 0.1) is 28.6 Å². The van der Waals surface area contributed by atoms with E-state index in [9.17, 15) is 10.5 Å². The van der Waals surface area contributed by atoms with Gasteiger partial charge in [0.15, 0.2) is 5.65 Å². The van der Waals surface area contributed by atoms with Crippen molar-refractivity contribution in [2.24, 2.45) is 17.8 Å². The summed E-state index contributed by atoms with van der Waals surface area (Å²) in [6.07, 6.45) is 3.09. The first-order valence-electron chi connectivity index (χ1n) is 9.31. The number of hydrogen-bond acceptors (Lipinski definition) is 4. The van der Waals surface area contributed by atoms with Gasteiger partial charge in [-0.05, 0) is 54.4 Å². The number of halogens is 1. The Balaban J connectivity index is 0.00000160. The van der Waals surface area contributed by atoms with E-state index in [1.54, 1.807) is 0 Å². The molecule has 3 atom stereocenters. The van der Waals surface area contributed by atoms with Gasteiger partial charge in [0.25, 0.3) is 0 Å². The van der Waals surface area contributed by atoms with Gasteiger partial charge in [0.1, 0.15) is 11.9 Å². The predicted octanol–water partition coefficient (Wildman–Crippen LogP) is 3.48. The molecular weight excluding hydrogens is 358 g/mol. The SMILES string of the molecule is Cl.N#Cc1c2c(c(N3C[C@@H]4C(C#N)[C@@H]4C3)n3c1nc1ccccc13)CCC2. The molecule has 1 aliphatic heterocycles. The average Bonchev–Trinajstić information content (AvgIpc) is 3.12. The lowest BCUT2D eigenvalue weighted by molar-refractivity contribution is 0.728. The summed E-state index contributed by atoms with van der Waals surface area (Å²) >= 11 is 0. The van der Waals surface area contributed by atoms with Gasteiger partial charge in [0.2, 0.25) is 0 Å². The highest BCUT2D eigenvalue weighted by Gasteiger charge is 2.56. The number of pyridine rings is 1. The number of anilines is 1. The van der Waals surface area contributed by atoms with Crippen LogP contribution in [0.2, 0.25) is 0 Å². The van der Waals surface area contributed by atoms with Crippen LogP contribution in [0.4, 0.5) is 5.82 Å². The molecule has 5 nitrogen and oxygen atoms in total. The van der Waals surface area contributed by atoms with Crippen molar-refractivity contribution in [1.82, 2.24) is 9.38 Å². The van der Waals surface area contributed by atoms with E-state index in [1.165, 1.54) is 16.9 Å². The second-order valence-electron chi connectivity index (χ2n) is 7.77. The van der Waals surface area contributed by atoms with Crippen molar-refractivity contribution in [1.29, 1.82) is 10.5 Å². The molecule has 3 aromatic rings. The van der Waals surface area contributed by atoms with Crippen molar-refractivity contribution in [3.63, 3.8) is 0 Å². The molecular formula is C21H18ClN5. The molecule has 6 heteroatoms. The number of nitriles is 2. The first-order valence-corrected chi connectivity index (χ1v) is 9.31. The van der Waals surface area contributed by atoms with Crippen molar-refractivity contribution in [2.75, 3.05) is 18.0 Å². The molecule has 3 heterocycles. The first kappa shape index (κ1) is 16.4. The smallest absolute Gasteiger partial charge is 0.157 e. The van der Waals surface area contributed by atoms with Crippen LogP contribution in [-0.2, 0) is 12.8 Å². The minimum Gasteiger partial charge on any atom is -0.357 e. The molecule has 2 aromatic heterocycles. The normalized spacial score (nSPS) is 25.0. The summed E-state index contributed by atoms with van der Waals surface area (Å²) in [6.45, 7) is 1.89. The van der Waals surface area contributed by atoms with Crippen LogP contribution in [0.25, 0.3) is 16.7 Å². The molecule has 1 saturated heterocycles. The summed E-state index contributed by atoms with van der Waals surface area (Å²) in [4.78, 5) is 7.27. The standard InChI is InChI=1S/C21H17N5.ClH/c22-8-14-16-10-25(11-17(14)16)21-13-5-3-4-12(13)15(9-23)20-24-18-6-1-2-7-19(18)26(20)21;/h1-2,6-7,14,16-17H,3-5,10-11H2;1H/t14?,16-,17+;. The molecule has 2 fully saturated rings. The fraction of sp³-hybridized carbons (Fsp3) is 0.381. The Morgan fingerprint density at radius 1 is 1.04 bits per heavy atom. The predicted molar refractivity (Wildman–Crippen MR) is 105 cm³/mol. The zero-order valence-corrected chi connectivity index (χ0v) is 15.5. The Morgan fingerprint density at radius 3 is 2.52 bits per heavy atom. The number of piperidine rings is 1. The Morgan fingerprint density at radius 2 is 1.78 bits per heavy atom. The number of para-hydroxylation sites is 2. The van der Waals surface area contributed by atoms with E-state index in [1.807, 2.05) is 18.2 Å². The second-order valence-corrected chi connectivity index (χ2v) is 7.77. The van der Waals surface area contributed by atoms with Gasteiger partial charge in [-0.25, -0.2) is 4.98 Å².